The molecule has 2 aliphatic heterocycles. The van der Waals surface area contributed by atoms with E-state index < -0.39 is 0 Å². The zero-order chi connectivity index (χ0) is 25.5. The van der Waals surface area contributed by atoms with Crippen LogP contribution in [0.15, 0.2) is 72.8 Å². The van der Waals surface area contributed by atoms with Crippen LogP contribution >= 0.6 is 0 Å². The predicted octanol–water partition coefficient (Wildman–Crippen LogP) is 5.97. The van der Waals surface area contributed by atoms with Crippen molar-refractivity contribution < 1.29 is 9.53 Å². The molecule has 7 rings (SSSR count). The van der Waals surface area contributed by atoms with E-state index in [4.69, 9.17) is 4.74 Å². The quantitative estimate of drug-likeness (QED) is 0.324. The number of rotatable bonds is 7. The van der Waals surface area contributed by atoms with Crippen molar-refractivity contribution >= 4 is 22.5 Å². The second-order valence-electron chi connectivity index (χ2n) is 11.2. The number of H-pyrrole nitrogens is 1. The second kappa shape index (κ2) is 9.91. The van der Waals surface area contributed by atoms with Gasteiger partial charge in [0.25, 0.3) is 5.91 Å². The summed E-state index contributed by atoms with van der Waals surface area (Å²) < 4.78 is 5.40. The SMILES string of the molecule is O=C(N[C@H](c1ccccc1)C1CC1)c1ccc2[nH]nc(-c3ccc(N4CCC(C5COC5)CC4)cc3)c2c1. The molecule has 1 aromatic heterocycles. The Morgan fingerprint density at radius 1 is 0.921 bits per heavy atom. The van der Waals surface area contributed by atoms with Crippen molar-refractivity contribution in [2.24, 2.45) is 17.8 Å². The number of aromatic nitrogens is 2. The van der Waals surface area contributed by atoms with Gasteiger partial charge >= 0.3 is 0 Å². The molecule has 38 heavy (non-hydrogen) atoms. The van der Waals surface area contributed by atoms with E-state index in [1.54, 1.807) is 0 Å². The van der Waals surface area contributed by atoms with Crippen molar-refractivity contribution in [3.63, 3.8) is 0 Å². The molecule has 0 unspecified atom stereocenters. The number of anilines is 1. The van der Waals surface area contributed by atoms with Gasteiger partial charge in [0.05, 0.1) is 30.5 Å². The van der Waals surface area contributed by atoms with Gasteiger partial charge < -0.3 is 15.0 Å². The number of fused-ring (bicyclic) bond motifs is 1. The number of amides is 1. The lowest BCUT2D eigenvalue weighted by atomic mass is 9.83. The Hall–Kier alpha value is -3.64. The van der Waals surface area contributed by atoms with E-state index in [0.29, 0.717) is 11.5 Å². The van der Waals surface area contributed by atoms with E-state index in [1.165, 1.54) is 24.1 Å². The molecule has 0 radical (unpaired) electrons. The topological polar surface area (TPSA) is 70.2 Å². The van der Waals surface area contributed by atoms with E-state index in [-0.39, 0.29) is 11.9 Å². The van der Waals surface area contributed by atoms with Gasteiger partial charge in [-0.25, -0.2) is 0 Å². The van der Waals surface area contributed by atoms with Crippen LogP contribution in [0.2, 0.25) is 0 Å². The average Bonchev–Trinajstić information content (AvgIpc) is 3.70. The van der Waals surface area contributed by atoms with Crippen LogP contribution in [0.1, 0.15) is 47.6 Å². The van der Waals surface area contributed by atoms with Gasteiger partial charge in [0.1, 0.15) is 0 Å². The zero-order valence-electron chi connectivity index (χ0n) is 21.6. The van der Waals surface area contributed by atoms with Crippen LogP contribution in [0.4, 0.5) is 5.69 Å². The zero-order valence-corrected chi connectivity index (χ0v) is 21.6. The third-order valence-electron chi connectivity index (χ3n) is 8.74. The van der Waals surface area contributed by atoms with Crippen molar-refractivity contribution in [1.82, 2.24) is 15.5 Å². The number of nitrogens with zero attached hydrogens (tertiary/aromatic N) is 2. The fourth-order valence-corrected chi connectivity index (χ4v) is 6.15. The lowest BCUT2D eigenvalue weighted by Gasteiger charge is -2.40. The summed E-state index contributed by atoms with van der Waals surface area (Å²) in [5.74, 6) is 2.07. The van der Waals surface area contributed by atoms with Gasteiger partial charge in [0.2, 0.25) is 0 Å². The first-order valence-electron chi connectivity index (χ1n) is 14.0. The third kappa shape index (κ3) is 4.58. The molecule has 4 aromatic rings. The number of carbonyl (C=O) groups is 1. The Bertz CT molecular complexity index is 1420. The van der Waals surface area contributed by atoms with Gasteiger partial charge in [-0.2, -0.15) is 5.10 Å². The van der Waals surface area contributed by atoms with Crippen molar-refractivity contribution in [2.45, 2.75) is 31.7 Å². The Labute approximate surface area is 223 Å². The minimum atomic E-state index is -0.0352. The summed E-state index contributed by atoms with van der Waals surface area (Å²) >= 11 is 0. The minimum Gasteiger partial charge on any atom is -0.381 e. The first-order valence-corrected chi connectivity index (χ1v) is 14.0. The normalized spacial score (nSPS) is 19.3. The molecule has 3 aromatic carbocycles. The summed E-state index contributed by atoms with van der Waals surface area (Å²) in [4.78, 5) is 15.8. The number of nitrogens with one attached hydrogen (secondary N) is 2. The molecule has 3 heterocycles. The van der Waals surface area contributed by atoms with Gasteiger partial charge in [0, 0.05) is 41.2 Å². The number of carbonyl (C=O) groups excluding carboxylic acids is 1. The molecule has 6 heteroatoms. The maximum atomic E-state index is 13.3. The molecule has 6 nitrogen and oxygen atoms in total. The van der Waals surface area contributed by atoms with Crippen LogP contribution in [0.3, 0.4) is 0 Å². The molecule has 1 amide bonds. The molecule has 1 atom stereocenters. The highest BCUT2D eigenvalue weighted by Crippen LogP contribution is 2.41. The van der Waals surface area contributed by atoms with Crippen LogP contribution < -0.4 is 10.2 Å². The Morgan fingerprint density at radius 2 is 1.68 bits per heavy atom. The summed E-state index contributed by atoms with van der Waals surface area (Å²) in [6, 6.07) is 24.9. The number of hydrogen-bond donors (Lipinski definition) is 2. The Balaban J connectivity index is 1.08. The van der Waals surface area contributed by atoms with Crippen LogP contribution in [0.5, 0.6) is 0 Å². The number of benzene rings is 3. The number of hydrogen-bond acceptors (Lipinski definition) is 4. The van der Waals surface area contributed by atoms with Gasteiger partial charge in [-0.15, -0.1) is 0 Å². The molecule has 1 saturated carbocycles. The van der Waals surface area contributed by atoms with Crippen molar-refractivity contribution in [3.05, 3.63) is 83.9 Å². The molecule has 2 saturated heterocycles. The smallest absolute Gasteiger partial charge is 0.251 e. The van der Waals surface area contributed by atoms with Gasteiger partial charge in [-0.3, -0.25) is 9.89 Å². The summed E-state index contributed by atoms with van der Waals surface area (Å²) in [5, 5.41) is 12.0. The van der Waals surface area contributed by atoms with Crippen LogP contribution in [-0.4, -0.2) is 42.4 Å². The molecule has 0 bridgehead atoms. The lowest BCUT2D eigenvalue weighted by Crippen LogP contribution is -2.42. The van der Waals surface area contributed by atoms with Crippen molar-refractivity contribution in [3.8, 4) is 11.3 Å². The average molecular weight is 507 g/mol. The standard InChI is InChI=1S/C32H34N4O2/c37-32(33-30(23-6-7-23)22-4-2-1-3-5-22)25-10-13-29-28(18-25)31(35-34-29)24-8-11-27(12-9-24)36-16-14-21(15-17-36)26-19-38-20-26/h1-5,8-13,18,21,23,26,30H,6-7,14-17,19-20H2,(H,33,37)(H,34,35)/t30-/m1/s1. The fourth-order valence-electron chi connectivity index (χ4n) is 6.15. The molecule has 1 aliphatic carbocycles. The molecule has 3 aliphatic rings. The maximum Gasteiger partial charge on any atom is 0.251 e. The number of piperidine rings is 1. The van der Waals surface area contributed by atoms with Gasteiger partial charge in [0.15, 0.2) is 0 Å². The highest BCUT2D eigenvalue weighted by molar-refractivity contribution is 6.01. The largest absolute Gasteiger partial charge is 0.381 e. The van der Waals surface area contributed by atoms with Gasteiger partial charge in [-0.05, 0) is 73.4 Å². The molecule has 194 valence electrons. The van der Waals surface area contributed by atoms with E-state index in [9.17, 15) is 4.79 Å². The number of aromatic amines is 1. The molecule has 2 N–H and O–H groups in total. The van der Waals surface area contributed by atoms with Crippen LogP contribution in [0.25, 0.3) is 22.2 Å². The van der Waals surface area contributed by atoms with E-state index in [0.717, 1.165) is 73.1 Å². The minimum absolute atomic E-state index is 0.0352. The van der Waals surface area contributed by atoms with E-state index in [2.05, 4.69) is 56.8 Å². The van der Waals surface area contributed by atoms with E-state index >= 15 is 0 Å². The monoisotopic (exact) mass is 506 g/mol. The predicted molar refractivity (Wildman–Crippen MR) is 150 cm³/mol. The highest BCUT2D eigenvalue weighted by Gasteiger charge is 2.34. The Kier molecular flexibility index (Phi) is 6.12. The Morgan fingerprint density at radius 3 is 2.37 bits per heavy atom. The lowest BCUT2D eigenvalue weighted by molar-refractivity contribution is -0.0650. The first-order chi connectivity index (χ1) is 18.7. The highest BCUT2D eigenvalue weighted by atomic mass is 16.5. The summed E-state index contributed by atoms with van der Waals surface area (Å²) in [6.45, 7) is 4.12. The fraction of sp³-hybridized carbons (Fsp3) is 0.375. The van der Waals surface area contributed by atoms with E-state index in [1.807, 2.05) is 36.4 Å². The molecular formula is C32H34N4O2. The van der Waals surface area contributed by atoms with Gasteiger partial charge in [-0.1, -0.05) is 42.5 Å². The molecule has 0 spiro atoms. The maximum absolute atomic E-state index is 13.3. The van der Waals surface area contributed by atoms with Crippen LogP contribution in [0, 0.1) is 17.8 Å². The number of ether oxygens (including phenoxy) is 1. The molecular weight excluding hydrogens is 472 g/mol. The first kappa shape index (κ1) is 23.5. The van der Waals surface area contributed by atoms with Crippen molar-refractivity contribution in [1.29, 1.82) is 0 Å². The second-order valence-corrected chi connectivity index (χ2v) is 11.2. The van der Waals surface area contributed by atoms with Crippen LogP contribution in [-0.2, 0) is 4.74 Å². The summed E-state index contributed by atoms with van der Waals surface area (Å²) in [5.41, 5.74) is 5.98. The third-order valence-corrected chi connectivity index (χ3v) is 8.74. The summed E-state index contributed by atoms with van der Waals surface area (Å²) in [7, 11) is 0. The summed E-state index contributed by atoms with van der Waals surface area (Å²) in [6.07, 6.45) is 4.81. The van der Waals surface area contributed by atoms with Crippen molar-refractivity contribution in [2.75, 3.05) is 31.2 Å². The molecule has 3 fully saturated rings.